The maximum absolute atomic E-state index is 11.3. The summed E-state index contributed by atoms with van der Waals surface area (Å²) in [5.41, 5.74) is 8.06. The predicted molar refractivity (Wildman–Crippen MR) is 85.7 cm³/mol. The molecule has 0 bridgehead atoms. The van der Waals surface area contributed by atoms with E-state index in [0.29, 0.717) is 5.70 Å². The lowest BCUT2D eigenvalue weighted by atomic mass is 10.1. The van der Waals surface area contributed by atoms with Gasteiger partial charge in [0.2, 0.25) is 0 Å². The Kier molecular flexibility index (Phi) is 5.54. The maximum Gasteiger partial charge on any atom is 0.332 e. The van der Waals surface area contributed by atoms with Gasteiger partial charge < -0.3 is 15.0 Å². The van der Waals surface area contributed by atoms with Crippen LogP contribution in [-0.2, 0) is 16.1 Å². The van der Waals surface area contributed by atoms with Crippen molar-refractivity contribution in [1.29, 1.82) is 0 Å². The summed E-state index contributed by atoms with van der Waals surface area (Å²) < 4.78 is 7.00. The quantitative estimate of drug-likeness (QED) is 0.656. The number of allylic oxidation sites excluding steroid dienone is 1. The molecule has 0 aliphatic heterocycles. The van der Waals surface area contributed by atoms with E-state index in [9.17, 15) is 4.79 Å². The van der Waals surface area contributed by atoms with E-state index in [4.69, 9.17) is 10.5 Å². The SMILES string of the molecule is C/C(N)=C/C(=O)OC/C=C/c1cccc(Cn2ccnc2)c1. The molecule has 5 heteroatoms. The molecule has 0 radical (unpaired) electrons. The number of rotatable bonds is 6. The molecular formula is C17H19N3O2. The van der Waals surface area contributed by atoms with E-state index in [1.54, 1.807) is 25.5 Å². The molecule has 0 unspecified atom stereocenters. The van der Waals surface area contributed by atoms with E-state index >= 15 is 0 Å². The number of carbonyl (C=O) groups excluding carboxylic acids is 1. The van der Waals surface area contributed by atoms with Gasteiger partial charge in [0, 0.05) is 30.7 Å². The largest absolute Gasteiger partial charge is 0.458 e. The number of carbonyl (C=O) groups is 1. The van der Waals surface area contributed by atoms with Crippen molar-refractivity contribution in [2.75, 3.05) is 6.61 Å². The number of nitrogens with zero attached hydrogens (tertiary/aromatic N) is 2. The first-order chi connectivity index (χ1) is 10.6. The Hall–Kier alpha value is -2.82. The first-order valence-electron chi connectivity index (χ1n) is 6.95. The molecule has 0 spiro atoms. The van der Waals surface area contributed by atoms with E-state index < -0.39 is 5.97 Å². The minimum absolute atomic E-state index is 0.217. The van der Waals surface area contributed by atoms with Gasteiger partial charge in [0.1, 0.15) is 6.61 Å². The molecule has 0 amide bonds. The smallest absolute Gasteiger partial charge is 0.332 e. The Bertz CT molecular complexity index is 669. The Morgan fingerprint density at radius 2 is 2.32 bits per heavy atom. The zero-order valence-electron chi connectivity index (χ0n) is 12.5. The molecule has 1 aromatic heterocycles. The van der Waals surface area contributed by atoms with Crippen LogP contribution in [0.4, 0.5) is 0 Å². The Balaban J connectivity index is 1.88. The third-order valence-electron chi connectivity index (χ3n) is 2.85. The number of imidazole rings is 1. The highest BCUT2D eigenvalue weighted by Crippen LogP contribution is 2.09. The van der Waals surface area contributed by atoms with Crippen molar-refractivity contribution in [3.8, 4) is 0 Å². The number of aromatic nitrogens is 2. The van der Waals surface area contributed by atoms with Gasteiger partial charge in [-0.15, -0.1) is 0 Å². The van der Waals surface area contributed by atoms with Gasteiger partial charge in [0.25, 0.3) is 0 Å². The highest BCUT2D eigenvalue weighted by molar-refractivity contribution is 5.82. The molecule has 1 heterocycles. The van der Waals surface area contributed by atoms with Crippen molar-refractivity contribution < 1.29 is 9.53 Å². The maximum atomic E-state index is 11.3. The molecule has 2 N–H and O–H groups in total. The molecule has 5 nitrogen and oxygen atoms in total. The second kappa shape index (κ2) is 7.83. The predicted octanol–water partition coefficient (Wildman–Crippen LogP) is 2.35. The zero-order chi connectivity index (χ0) is 15.8. The lowest BCUT2D eigenvalue weighted by molar-refractivity contribution is -0.136. The zero-order valence-corrected chi connectivity index (χ0v) is 12.5. The number of hydrogen-bond donors (Lipinski definition) is 1. The molecule has 22 heavy (non-hydrogen) atoms. The van der Waals surface area contributed by atoms with Gasteiger partial charge in [-0.2, -0.15) is 0 Å². The topological polar surface area (TPSA) is 70.1 Å². The molecule has 0 aliphatic carbocycles. The first-order valence-corrected chi connectivity index (χ1v) is 6.95. The van der Waals surface area contributed by atoms with Crippen LogP contribution in [0, 0.1) is 0 Å². The van der Waals surface area contributed by atoms with Crippen LogP contribution in [0.25, 0.3) is 6.08 Å². The molecule has 0 saturated heterocycles. The van der Waals surface area contributed by atoms with Crippen molar-refractivity contribution in [1.82, 2.24) is 9.55 Å². The summed E-state index contributed by atoms with van der Waals surface area (Å²) in [6, 6.07) is 8.15. The highest BCUT2D eigenvalue weighted by atomic mass is 16.5. The lowest BCUT2D eigenvalue weighted by Gasteiger charge is -2.03. The van der Waals surface area contributed by atoms with Crippen LogP contribution in [0.2, 0.25) is 0 Å². The summed E-state index contributed by atoms with van der Waals surface area (Å²) in [6.07, 6.45) is 10.5. The van der Waals surface area contributed by atoms with Crippen molar-refractivity contribution >= 4 is 12.0 Å². The summed E-state index contributed by atoms with van der Waals surface area (Å²) in [7, 11) is 0. The second-order valence-electron chi connectivity index (χ2n) is 4.90. The minimum Gasteiger partial charge on any atom is -0.458 e. The van der Waals surface area contributed by atoms with Gasteiger partial charge >= 0.3 is 5.97 Å². The summed E-state index contributed by atoms with van der Waals surface area (Å²) in [5.74, 6) is -0.432. The van der Waals surface area contributed by atoms with E-state index in [1.165, 1.54) is 11.6 Å². The van der Waals surface area contributed by atoms with Crippen LogP contribution in [0.5, 0.6) is 0 Å². The minimum atomic E-state index is -0.432. The van der Waals surface area contributed by atoms with E-state index in [0.717, 1.165) is 12.1 Å². The van der Waals surface area contributed by atoms with Gasteiger partial charge in [-0.3, -0.25) is 0 Å². The fourth-order valence-corrected chi connectivity index (χ4v) is 1.93. The number of ether oxygens (including phenoxy) is 1. The molecule has 0 atom stereocenters. The van der Waals surface area contributed by atoms with Gasteiger partial charge in [-0.05, 0) is 30.2 Å². The molecule has 0 aliphatic rings. The van der Waals surface area contributed by atoms with E-state index in [2.05, 4.69) is 17.1 Å². The Morgan fingerprint density at radius 1 is 1.45 bits per heavy atom. The number of benzene rings is 1. The number of nitrogens with two attached hydrogens (primary N) is 1. The summed E-state index contributed by atoms with van der Waals surface area (Å²) in [6.45, 7) is 2.63. The van der Waals surface area contributed by atoms with Crippen molar-refractivity contribution in [2.24, 2.45) is 5.73 Å². The highest BCUT2D eigenvalue weighted by Gasteiger charge is 1.97. The van der Waals surface area contributed by atoms with E-state index in [-0.39, 0.29) is 6.61 Å². The van der Waals surface area contributed by atoms with Crippen molar-refractivity contribution in [3.05, 3.63) is 72.0 Å². The fraction of sp³-hybridized carbons (Fsp3) is 0.176. The lowest BCUT2D eigenvalue weighted by Crippen LogP contribution is -2.04. The normalized spacial score (nSPS) is 11.8. The molecule has 2 rings (SSSR count). The Labute approximate surface area is 129 Å². The average molecular weight is 297 g/mol. The van der Waals surface area contributed by atoms with Crippen molar-refractivity contribution in [2.45, 2.75) is 13.5 Å². The molecule has 0 fully saturated rings. The summed E-state index contributed by atoms with van der Waals surface area (Å²) in [4.78, 5) is 15.3. The Morgan fingerprint density at radius 3 is 3.05 bits per heavy atom. The van der Waals surface area contributed by atoms with Crippen molar-refractivity contribution in [3.63, 3.8) is 0 Å². The molecule has 2 aromatic rings. The summed E-state index contributed by atoms with van der Waals surface area (Å²) in [5, 5.41) is 0. The standard InChI is InChI=1S/C17H19N3O2/c1-14(18)10-17(21)22-9-3-6-15-4-2-5-16(11-15)12-20-8-7-19-13-20/h2-8,10-11,13H,9,12,18H2,1H3/b6-3+,14-10-. The van der Waals surface area contributed by atoms with Crippen LogP contribution in [0.1, 0.15) is 18.1 Å². The fourth-order valence-electron chi connectivity index (χ4n) is 1.93. The number of esters is 1. The molecule has 1 aromatic carbocycles. The molecular weight excluding hydrogens is 278 g/mol. The van der Waals surface area contributed by atoms with E-state index in [1.807, 2.05) is 29.0 Å². The molecule has 114 valence electrons. The van der Waals surface area contributed by atoms with Gasteiger partial charge in [0.15, 0.2) is 0 Å². The number of hydrogen-bond acceptors (Lipinski definition) is 4. The second-order valence-corrected chi connectivity index (χ2v) is 4.90. The van der Waals surface area contributed by atoms with Crippen LogP contribution in [0.3, 0.4) is 0 Å². The van der Waals surface area contributed by atoms with Crippen LogP contribution < -0.4 is 5.73 Å². The van der Waals surface area contributed by atoms with Crippen LogP contribution in [0.15, 0.2) is 60.8 Å². The third-order valence-corrected chi connectivity index (χ3v) is 2.85. The van der Waals surface area contributed by atoms with Gasteiger partial charge in [0.05, 0.1) is 6.33 Å². The first kappa shape index (κ1) is 15.6. The van der Waals surface area contributed by atoms with Gasteiger partial charge in [-0.1, -0.05) is 24.3 Å². The van der Waals surface area contributed by atoms with Gasteiger partial charge in [-0.25, -0.2) is 9.78 Å². The summed E-state index contributed by atoms with van der Waals surface area (Å²) >= 11 is 0. The van der Waals surface area contributed by atoms with Crippen LogP contribution in [-0.4, -0.2) is 22.1 Å². The molecule has 0 saturated carbocycles. The third kappa shape index (κ3) is 5.28. The monoisotopic (exact) mass is 297 g/mol. The average Bonchev–Trinajstić information content (AvgIpc) is 2.96. The van der Waals surface area contributed by atoms with Crippen LogP contribution >= 0.6 is 0 Å².